The maximum Gasteiger partial charge on any atom is 0.137 e. The molecule has 4 heteroatoms. The number of thiol groups is 1. The molecular weight excluding hydrogens is 494 g/mol. The molecule has 0 fully saturated rings. The molecule has 0 saturated carbocycles. The second-order valence-corrected chi connectivity index (χ2v) is 11.0. The molecule has 0 aliphatic carbocycles. The fourth-order valence-electron chi connectivity index (χ4n) is 5.84. The molecular formula is C35H27N3S. The summed E-state index contributed by atoms with van der Waals surface area (Å²) in [6.07, 6.45) is 1.85. The number of para-hydroxylation sites is 1. The van der Waals surface area contributed by atoms with Gasteiger partial charge in [0.25, 0.3) is 0 Å². The van der Waals surface area contributed by atoms with E-state index in [0.717, 1.165) is 49.8 Å². The van der Waals surface area contributed by atoms with Crippen molar-refractivity contribution in [2.75, 3.05) is 4.90 Å². The van der Waals surface area contributed by atoms with Crippen molar-refractivity contribution in [3.63, 3.8) is 0 Å². The van der Waals surface area contributed by atoms with Crippen molar-refractivity contribution in [2.45, 2.75) is 24.2 Å². The molecule has 6 aromatic rings. The topological polar surface area (TPSA) is 29.0 Å². The SMILES string of the molecule is CC1(C)c2ccccc2N(c2ccccn2)c2cc(-c3ccc4c(-c5ccccc5)ccc(S)c4n3)ccc21. The Morgan fingerprint density at radius 2 is 1.44 bits per heavy atom. The highest BCUT2D eigenvalue weighted by Gasteiger charge is 2.37. The summed E-state index contributed by atoms with van der Waals surface area (Å²) >= 11 is 4.79. The zero-order valence-electron chi connectivity index (χ0n) is 21.8. The van der Waals surface area contributed by atoms with Crippen molar-refractivity contribution < 1.29 is 0 Å². The molecule has 0 amide bonds. The Labute approximate surface area is 234 Å². The summed E-state index contributed by atoms with van der Waals surface area (Å²) in [4.78, 5) is 13.0. The Hall–Kier alpha value is -4.41. The van der Waals surface area contributed by atoms with Crippen LogP contribution in [-0.2, 0) is 5.41 Å². The van der Waals surface area contributed by atoms with Gasteiger partial charge in [-0.05, 0) is 64.7 Å². The van der Waals surface area contributed by atoms with E-state index in [1.165, 1.54) is 16.7 Å². The number of benzene rings is 4. The van der Waals surface area contributed by atoms with Crippen LogP contribution in [0.4, 0.5) is 17.2 Å². The average molecular weight is 522 g/mol. The molecule has 0 bridgehead atoms. The standard InChI is InChI=1S/C35H27N3S/c1-35(2)27-12-6-7-13-30(27)38(33-14-8-9-21-36-33)31-22-24(15-18-28(31)35)29-19-16-26-25(23-10-4-3-5-11-23)17-20-32(39)34(26)37-29/h3-22,39H,1-2H3. The number of aromatic nitrogens is 2. The summed E-state index contributed by atoms with van der Waals surface area (Å²) < 4.78 is 0. The van der Waals surface area contributed by atoms with Crippen LogP contribution in [0, 0.1) is 0 Å². The third-order valence-corrected chi connectivity index (χ3v) is 8.19. The van der Waals surface area contributed by atoms with Gasteiger partial charge in [0.2, 0.25) is 0 Å². The number of anilines is 3. The van der Waals surface area contributed by atoms with Crippen molar-refractivity contribution in [2.24, 2.45) is 0 Å². The number of pyridine rings is 2. The first-order valence-corrected chi connectivity index (χ1v) is 13.6. The molecule has 0 saturated heterocycles. The minimum absolute atomic E-state index is 0.157. The van der Waals surface area contributed by atoms with Crippen LogP contribution in [-0.4, -0.2) is 9.97 Å². The van der Waals surface area contributed by atoms with Gasteiger partial charge >= 0.3 is 0 Å². The molecule has 0 radical (unpaired) electrons. The maximum atomic E-state index is 5.15. The van der Waals surface area contributed by atoms with Gasteiger partial charge in [0.05, 0.1) is 22.6 Å². The number of nitrogens with zero attached hydrogens (tertiary/aromatic N) is 3. The summed E-state index contributed by atoms with van der Waals surface area (Å²) in [5.74, 6) is 0.899. The van der Waals surface area contributed by atoms with E-state index >= 15 is 0 Å². The van der Waals surface area contributed by atoms with E-state index in [2.05, 4.69) is 110 Å². The first-order chi connectivity index (χ1) is 19.0. The van der Waals surface area contributed by atoms with E-state index in [1.807, 2.05) is 30.5 Å². The van der Waals surface area contributed by atoms with Gasteiger partial charge in [-0.3, -0.25) is 4.90 Å². The second-order valence-electron chi connectivity index (χ2n) is 10.5. The third kappa shape index (κ3) is 3.83. The van der Waals surface area contributed by atoms with E-state index in [1.54, 1.807) is 0 Å². The Bertz CT molecular complexity index is 1850. The molecule has 0 spiro atoms. The van der Waals surface area contributed by atoms with Crippen LogP contribution >= 0.6 is 12.6 Å². The van der Waals surface area contributed by atoms with Crippen LogP contribution in [0.3, 0.4) is 0 Å². The lowest BCUT2D eigenvalue weighted by molar-refractivity contribution is 0.631. The van der Waals surface area contributed by atoms with Crippen LogP contribution < -0.4 is 4.90 Å². The van der Waals surface area contributed by atoms with Gasteiger partial charge < -0.3 is 0 Å². The molecule has 39 heavy (non-hydrogen) atoms. The summed E-state index contributed by atoms with van der Waals surface area (Å²) in [6, 6.07) is 40.3. The lowest BCUT2D eigenvalue weighted by Gasteiger charge is -2.41. The third-order valence-electron chi connectivity index (χ3n) is 7.83. The van der Waals surface area contributed by atoms with Crippen molar-refractivity contribution in [3.05, 3.63) is 133 Å². The van der Waals surface area contributed by atoms with Crippen molar-refractivity contribution in [1.29, 1.82) is 0 Å². The van der Waals surface area contributed by atoms with Crippen LogP contribution in [0.15, 0.2) is 126 Å². The number of hydrogen-bond donors (Lipinski definition) is 1. The van der Waals surface area contributed by atoms with Crippen molar-refractivity contribution in [1.82, 2.24) is 9.97 Å². The predicted molar refractivity (Wildman–Crippen MR) is 164 cm³/mol. The van der Waals surface area contributed by atoms with Gasteiger partial charge in [-0.1, -0.05) is 86.6 Å². The number of rotatable bonds is 3. The molecule has 0 atom stereocenters. The first kappa shape index (κ1) is 23.7. The molecule has 1 aliphatic rings. The van der Waals surface area contributed by atoms with Crippen LogP contribution in [0.5, 0.6) is 0 Å². The molecule has 2 aromatic heterocycles. The molecule has 3 nitrogen and oxygen atoms in total. The molecule has 4 aromatic carbocycles. The molecule has 1 aliphatic heterocycles. The molecule has 0 N–H and O–H groups in total. The predicted octanol–water partition coefficient (Wildman–Crippen LogP) is 9.36. The Balaban J connectivity index is 1.42. The van der Waals surface area contributed by atoms with E-state index in [9.17, 15) is 0 Å². The molecule has 3 heterocycles. The minimum Gasteiger partial charge on any atom is -0.294 e. The Morgan fingerprint density at radius 1 is 0.667 bits per heavy atom. The van der Waals surface area contributed by atoms with Crippen molar-refractivity contribution >= 4 is 40.7 Å². The second kappa shape index (κ2) is 9.11. The van der Waals surface area contributed by atoms with Gasteiger partial charge in [-0.15, -0.1) is 12.6 Å². The van der Waals surface area contributed by atoms with E-state index in [-0.39, 0.29) is 5.41 Å². The normalized spacial score (nSPS) is 13.7. The van der Waals surface area contributed by atoms with E-state index in [4.69, 9.17) is 22.6 Å². The highest BCUT2D eigenvalue weighted by atomic mass is 32.1. The van der Waals surface area contributed by atoms with Crippen molar-refractivity contribution in [3.8, 4) is 22.4 Å². The van der Waals surface area contributed by atoms with Gasteiger partial charge in [0.15, 0.2) is 0 Å². The zero-order valence-corrected chi connectivity index (χ0v) is 22.7. The minimum atomic E-state index is -0.157. The van der Waals surface area contributed by atoms with Crippen LogP contribution in [0.1, 0.15) is 25.0 Å². The summed E-state index contributed by atoms with van der Waals surface area (Å²) in [5, 5.41) is 1.10. The van der Waals surface area contributed by atoms with E-state index in [0.29, 0.717) is 0 Å². The van der Waals surface area contributed by atoms with Gasteiger partial charge in [0.1, 0.15) is 5.82 Å². The van der Waals surface area contributed by atoms with E-state index < -0.39 is 0 Å². The molecule has 0 unspecified atom stereocenters. The fourth-order valence-corrected chi connectivity index (χ4v) is 6.09. The number of hydrogen-bond acceptors (Lipinski definition) is 4. The zero-order chi connectivity index (χ0) is 26.6. The highest BCUT2D eigenvalue weighted by molar-refractivity contribution is 7.80. The van der Waals surface area contributed by atoms with Crippen LogP contribution in [0.2, 0.25) is 0 Å². The molecule has 188 valence electrons. The summed E-state index contributed by atoms with van der Waals surface area (Å²) in [5.41, 5.74) is 9.89. The Morgan fingerprint density at radius 3 is 2.26 bits per heavy atom. The summed E-state index contributed by atoms with van der Waals surface area (Å²) in [6.45, 7) is 4.60. The average Bonchev–Trinajstić information content (AvgIpc) is 2.98. The number of fused-ring (bicyclic) bond motifs is 3. The monoisotopic (exact) mass is 521 g/mol. The van der Waals surface area contributed by atoms with Gasteiger partial charge in [0, 0.05) is 27.5 Å². The van der Waals surface area contributed by atoms with Gasteiger partial charge in [-0.2, -0.15) is 0 Å². The quantitative estimate of drug-likeness (QED) is 0.235. The molecule has 7 rings (SSSR count). The van der Waals surface area contributed by atoms with Crippen LogP contribution in [0.25, 0.3) is 33.3 Å². The maximum absolute atomic E-state index is 5.15. The lowest BCUT2D eigenvalue weighted by Crippen LogP contribution is -2.30. The fraction of sp³-hybridized carbons (Fsp3) is 0.0857. The smallest absolute Gasteiger partial charge is 0.137 e. The highest BCUT2D eigenvalue weighted by Crippen LogP contribution is 2.52. The first-order valence-electron chi connectivity index (χ1n) is 13.2. The summed E-state index contributed by atoms with van der Waals surface area (Å²) in [7, 11) is 0. The lowest BCUT2D eigenvalue weighted by atomic mass is 9.73. The largest absolute Gasteiger partial charge is 0.294 e. The van der Waals surface area contributed by atoms with Gasteiger partial charge in [-0.25, -0.2) is 9.97 Å². The Kier molecular flexibility index (Phi) is 5.53.